The molecule has 1 heterocycles. The fourth-order valence-electron chi connectivity index (χ4n) is 2.22. The van der Waals surface area contributed by atoms with E-state index in [4.69, 9.17) is 9.52 Å². The molecule has 0 aliphatic rings. The first-order chi connectivity index (χ1) is 8.54. The van der Waals surface area contributed by atoms with Crippen molar-refractivity contribution in [2.45, 2.75) is 19.9 Å². The summed E-state index contributed by atoms with van der Waals surface area (Å²) in [5, 5.41) is 10.1. The second-order valence-corrected chi connectivity index (χ2v) is 4.60. The molecule has 0 bridgehead atoms. The van der Waals surface area contributed by atoms with Gasteiger partial charge in [-0.3, -0.25) is 0 Å². The Morgan fingerprint density at radius 1 is 1.39 bits per heavy atom. The van der Waals surface area contributed by atoms with Crippen LogP contribution in [0.25, 0.3) is 11.0 Å². The molecule has 1 aromatic carbocycles. The van der Waals surface area contributed by atoms with E-state index in [1.54, 1.807) is 0 Å². The molecule has 0 aliphatic heterocycles. The molecule has 4 nitrogen and oxygen atoms in total. The molecular formula is C14H17NO3. The molecule has 0 unspecified atom stereocenters. The van der Waals surface area contributed by atoms with Crippen LogP contribution in [0.15, 0.2) is 22.6 Å². The summed E-state index contributed by atoms with van der Waals surface area (Å²) < 4.78 is 5.56. The summed E-state index contributed by atoms with van der Waals surface area (Å²) >= 11 is 0. The first-order valence-electron chi connectivity index (χ1n) is 5.95. The normalized spacial score (nSPS) is 11.3. The molecule has 0 spiro atoms. The number of para-hydroxylation sites is 1. The summed E-state index contributed by atoms with van der Waals surface area (Å²) in [5.41, 5.74) is 2.48. The Morgan fingerprint density at radius 2 is 2.11 bits per heavy atom. The molecule has 4 heteroatoms. The molecule has 0 saturated heterocycles. The summed E-state index contributed by atoms with van der Waals surface area (Å²) in [5.74, 6) is -0.933. The van der Waals surface area contributed by atoms with Gasteiger partial charge in [-0.15, -0.1) is 0 Å². The van der Waals surface area contributed by atoms with Crippen molar-refractivity contribution < 1.29 is 14.3 Å². The van der Waals surface area contributed by atoms with Crippen LogP contribution < -0.4 is 0 Å². The summed E-state index contributed by atoms with van der Waals surface area (Å²) in [4.78, 5) is 13.2. The minimum Gasteiger partial charge on any atom is -0.475 e. The minimum absolute atomic E-state index is 0.0682. The lowest BCUT2D eigenvalue weighted by atomic mass is 10.1. The predicted octanol–water partition coefficient (Wildman–Crippen LogP) is 2.76. The number of carboxylic acid groups (broad SMARTS) is 1. The van der Waals surface area contributed by atoms with E-state index in [0.29, 0.717) is 12.0 Å². The number of fused-ring (bicyclic) bond motifs is 1. The van der Waals surface area contributed by atoms with Crippen molar-refractivity contribution in [3.63, 3.8) is 0 Å². The number of aryl methyl sites for hydroxylation is 1. The second kappa shape index (κ2) is 4.82. The van der Waals surface area contributed by atoms with Crippen molar-refractivity contribution in [3.8, 4) is 0 Å². The number of nitrogens with zero attached hydrogens (tertiary/aromatic N) is 1. The number of carboxylic acids is 1. The number of hydrogen-bond acceptors (Lipinski definition) is 3. The zero-order valence-corrected chi connectivity index (χ0v) is 10.9. The number of carbonyl (C=O) groups is 1. The molecule has 96 valence electrons. The Balaban J connectivity index is 2.67. The van der Waals surface area contributed by atoms with Crippen LogP contribution in [0.1, 0.15) is 28.6 Å². The highest BCUT2D eigenvalue weighted by molar-refractivity contribution is 5.96. The van der Waals surface area contributed by atoms with Crippen LogP contribution in [0, 0.1) is 0 Å². The van der Waals surface area contributed by atoms with Crippen LogP contribution in [-0.2, 0) is 13.0 Å². The predicted molar refractivity (Wildman–Crippen MR) is 69.9 cm³/mol. The molecule has 0 radical (unpaired) electrons. The number of furan rings is 1. The molecule has 0 atom stereocenters. The second-order valence-electron chi connectivity index (χ2n) is 4.60. The van der Waals surface area contributed by atoms with Gasteiger partial charge in [-0.1, -0.05) is 25.1 Å². The summed E-state index contributed by atoms with van der Waals surface area (Å²) in [6.07, 6.45) is 0.653. The van der Waals surface area contributed by atoms with E-state index in [1.165, 1.54) is 0 Å². The average molecular weight is 247 g/mol. The van der Waals surface area contributed by atoms with Crippen molar-refractivity contribution in [1.82, 2.24) is 4.90 Å². The third-order valence-corrected chi connectivity index (χ3v) is 2.93. The molecule has 0 fully saturated rings. The first kappa shape index (κ1) is 12.6. The zero-order valence-electron chi connectivity index (χ0n) is 10.9. The van der Waals surface area contributed by atoms with Crippen LogP contribution in [-0.4, -0.2) is 30.1 Å². The maximum atomic E-state index is 11.2. The highest BCUT2D eigenvalue weighted by Crippen LogP contribution is 2.29. The van der Waals surface area contributed by atoms with Crippen molar-refractivity contribution in [2.24, 2.45) is 0 Å². The topological polar surface area (TPSA) is 53.7 Å². The molecule has 2 aromatic rings. The Kier molecular flexibility index (Phi) is 3.39. The van der Waals surface area contributed by atoms with Crippen LogP contribution >= 0.6 is 0 Å². The van der Waals surface area contributed by atoms with E-state index in [2.05, 4.69) is 0 Å². The van der Waals surface area contributed by atoms with Crippen LogP contribution in [0.4, 0.5) is 0 Å². The van der Waals surface area contributed by atoms with Gasteiger partial charge in [0.25, 0.3) is 0 Å². The van der Waals surface area contributed by atoms with Crippen molar-refractivity contribution in [3.05, 3.63) is 35.1 Å². The Labute approximate surface area is 106 Å². The quantitative estimate of drug-likeness (QED) is 0.902. The van der Waals surface area contributed by atoms with E-state index in [0.717, 1.165) is 23.1 Å². The van der Waals surface area contributed by atoms with Crippen molar-refractivity contribution >= 4 is 16.9 Å². The Hall–Kier alpha value is -1.81. The average Bonchev–Trinajstić information content (AvgIpc) is 2.68. The lowest BCUT2D eigenvalue weighted by Crippen LogP contribution is -2.10. The van der Waals surface area contributed by atoms with Gasteiger partial charge >= 0.3 is 5.97 Å². The van der Waals surface area contributed by atoms with E-state index in [-0.39, 0.29) is 5.76 Å². The third-order valence-electron chi connectivity index (χ3n) is 2.93. The minimum atomic E-state index is -1.00. The molecular weight excluding hydrogens is 230 g/mol. The van der Waals surface area contributed by atoms with E-state index in [1.807, 2.05) is 44.1 Å². The fraction of sp³-hybridized carbons (Fsp3) is 0.357. The summed E-state index contributed by atoms with van der Waals surface area (Å²) in [6, 6.07) is 5.83. The molecule has 0 saturated carbocycles. The van der Waals surface area contributed by atoms with Crippen molar-refractivity contribution in [2.75, 3.05) is 14.1 Å². The van der Waals surface area contributed by atoms with Gasteiger partial charge in [-0.2, -0.15) is 0 Å². The maximum Gasteiger partial charge on any atom is 0.372 e. The summed E-state index contributed by atoms with van der Waals surface area (Å²) in [6.45, 7) is 2.67. The monoisotopic (exact) mass is 247 g/mol. The van der Waals surface area contributed by atoms with Crippen LogP contribution in [0.3, 0.4) is 0 Å². The molecule has 0 amide bonds. The van der Waals surface area contributed by atoms with Crippen LogP contribution in [0.2, 0.25) is 0 Å². The number of aromatic carboxylic acids is 1. The largest absolute Gasteiger partial charge is 0.475 e. The van der Waals surface area contributed by atoms with Gasteiger partial charge in [0.15, 0.2) is 0 Å². The SMILES string of the molecule is CCc1c(C(=O)O)oc2c(CN(C)C)cccc12. The van der Waals surface area contributed by atoms with E-state index >= 15 is 0 Å². The van der Waals surface area contributed by atoms with Gasteiger partial charge in [0.1, 0.15) is 5.58 Å². The molecule has 18 heavy (non-hydrogen) atoms. The summed E-state index contributed by atoms with van der Waals surface area (Å²) in [7, 11) is 3.95. The lowest BCUT2D eigenvalue weighted by Gasteiger charge is -2.09. The maximum absolute atomic E-state index is 11.2. The van der Waals surface area contributed by atoms with Crippen LogP contribution in [0.5, 0.6) is 0 Å². The van der Waals surface area contributed by atoms with Gasteiger partial charge in [0, 0.05) is 23.1 Å². The Morgan fingerprint density at radius 3 is 2.67 bits per heavy atom. The number of benzene rings is 1. The molecule has 2 rings (SSSR count). The lowest BCUT2D eigenvalue weighted by molar-refractivity contribution is 0.0663. The van der Waals surface area contributed by atoms with Gasteiger partial charge < -0.3 is 14.4 Å². The van der Waals surface area contributed by atoms with Gasteiger partial charge in [0.2, 0.25) is 5.76 Å². The Bertz CT molecular complexity index is 584. The van der Waals surface area contributed by atoms with Crippen molar-refractivity contribution in [1.29, 1.82) is 0 Å². The zero-order chi connectivity index (χ0) is 13.3. The van der Waals surface area contributed by atoms with Gasteiger partial charge in [-0.05, 0) is 20.5 Å². The number of hydrogen-bond donors (Lipinski definition) is 1. The first-order valence-corrected chi connectivity index (χ1v) is 5.95. The molecule has 1 aromatic heterocycles. The van der Waals surface area contributed by atoms with Gasteiger partial charge in [-0.25, -0.2) is 4.79 Å². The van der Waals surface area contributed by atoms with Gasteiger partial charge in [0.05, 0.1) is 0 Å². The standard InChI is InChI=1S/C14H17NO3/c1-4-10-11-7-5-6-9(8-15(2)3)12(11)18-13(10)14(16)17/h5-7H,4,8H2,1-3H3,(H,16,17). The van der Waals surface area contributed by atoms with E-state index in [9.17, 15) is 4.79 Å². The number of rotatable bonds is 4. The highest BCUT2D eigenvalue weighted by atomic mass is 16.4. The molecule has 0 aliphatic carbocycles. The highest BCUT2D eigenvalue weighted by Gasteiger charge is 2.20. The van der Waals surface area contributed by atoms with E-state index < -0.39 is 5.97 Å². The third kappa shape index (κ3) is 2.11. The fourth-order valence-corrected chi connectivity index (χ4v) is 2.22. The smallest absolute Gasteiger partial charge is 0.372 e. The molecule has 1 N–H and O–H groups in total.